The molecule has 29 heavy (non-hydrogen) atoms. The van der Waals surface area contributed by atoms with Crippen molar-refractivity contribution >= 4 is 34.9 Å². The molecular formula is C20H21Cl2N5O2. The molecule has 1 fully saturated rings. The molecule has 0 unspecified atom stereocenters. The first-order chi connectivity index (χ1) is 14.0. The number of ether oxygens (including phenoxy) is 1. The Balaban J connectivity index is 1.66. The van der Waals surface area contributed by atoms with Gasteiger partial charge in [0.25, 0.3) is 5.91 Å². The third-order valence-electron chi connectivity index (χ3n) is 4.76. The Morgan fingerprint density at radius 1 is 1.24 bits per heavy atom. The molecule has 0 aliphatic carbocycles. The number of amides is 1. The summed E-state index contributed by atoms with van der Waals surface area (Å²) in [6.07, 6.45) is 1.95. The summed E-state index contributed by atoms with van der Waals surface area (Å²) in [7, 11) is 0. The van der Waals surface area contributed by atoms with E-state index in [0.717, 1.165) is 19.6 Å². The Bertz CT molecular complexity index is 903. The van der Waals surface area contributed by atoms with Gasteiger partial charge in [-0.25, -0.2) is 4.98 Å². The van der Waals surface area contributed by atoms with E-state index in [1.54, 1.807) is 29.2 Å². The molecular weight excluding hydrogens is 413 g/mol. The van der Waals surface area contributed by atoms with Crippen molar-refractivity contribution in [2.75, 3.05) is 38.5 Å². The smallest absolute Gasteiger partial charge is 0.255 e. The summed E-state index contributed by atoms with van der Waals surface area (Å²) < 4.78 is 5.76. The molecule has 1 aliphatic heterocycles. The van der Waals surface area contributed by atoms with Crippen LogP contribution in [0.2, 0.25) is 10.0 Å². The van der Waals surface area contributed by atoms with Crippen molar-refractivity contribution in [3.8, 4) is 11.8 Å². The standard InChI is InChI=1S/C20H21Cl2N5O2/c21-16-3-1-4-17(22)15(16)13-29-18-11-14(12-25-19(18)24)20(28)27-9-7-26(8-10-27)6-2-5-23/h1,3-4,11-12H,2,6-10,13H2,(H2,24,25). The highest BCUT2D eigenvalue weighted by Gasteiger charge is 2.23. The van der Waals surface area contributed by atoms with E-state index in [-0.39, 0.29) is 18.3 Å². The number of nitrogens with zero attached hydrogens (tertiary/aromatic N) is 4. The first-order valence-corrected chi connectivity index (χ1v) is 9.95. The summed E-state index contributed by atoms with van der Waals surface area (Å²) in [5.41, 5.74) is 6.96. The number of piperazine rings is 1. The molecule has 0 radical (unpaired) electrons. The molecule has 1 saturated heterocycles. The van der Waals surface area contributed by atoms with Gasteiger partial charge in [-0.05, 0) is 18.2 Å². The van der Waals surface area contributed by atoms with Gasteiger partial charge in [-0.1, -0.05) is 29.3 Å². The van der Waals surface area contributed by atoms with Crippen LogP contribution in [0.3, 0.4) is 0 Å². The lowest BCUT2D eigenvalue weighted by Crippen LogP contribution is -2.48. The molecule has 1 amide bonds. The van der Waals surface area contributed by atoms with Crippen LogP contribution in [-0.4, -0.2) is 53.4 Å². The summed E-state index contributed by atoms with van der Waals surface area (Å²) in [6.45, 7) is 3.51. The van der Waals surface area contributed by atoms with Gasteiger partial charge < -0.3 is 15.4 Å². The van der Waals surface area contributed by atoms with E-state index in [1.807, 2.05) is 0 Å². The van der Waals surface area contributed by atoms with Crippen LogP contribution in [0.15, 0.2) is 30.5 Å². The number of pyridine rings is 1. The largest absolute Gasteiger partial charge is 0.485 e. The summed E-state index contributed by atoms with van der Waals surface area (Å²) in [4.78, 5) is 20.9. The highest BCUT2D eigenvalue weighted by atomic mass is 35.5. The van der Waals surface area contributed by atoms with Crippen molar-refractivity contribution in [2.45, 2.75) is 13.0 Å². The number of halogens is 2. The second kappa shape index (κ2) is 9.79. The van der Waals surface area contributed by atoms with E-state index in [4.69, 9.17) is 38.9 Å². The van der Waals surface area contributed by atoms with Crippen molar-refractivity contribution in [2.24, 2.45) is 0 Å². The lowest BCUT2D eigenvalue weighted by Gasteiger charge is -2.34. The second-order valence-electron chi connectivity index (χ2n) is 6.64. The number of nitrogen functional groups attached to an aromatic ring is 1. The molecule has 1 aromatic heterocycles. The maximum atomic E-state index is 12.8. The number of carbonyl (C=O) groups is 1. The van der Waals surface area contributed by atoms with Crippen LogP contribution in [0, 0.1) is 11.3 Å². The number of hydrogen-bond acceptors (Lipinski definition) is 6. The van der Waals surface area contributed by atoms with E-state index in [1.165, 1.54) is 6.20 Å². The summed E-state index contributed by atoms with van der Waals surface area (Å²) in [5.74, 6) is 0.364. The average Bonchev–Trinajstić information content (AvgIpc) is 2.73. The van der Waals surface area contributed by atoms with Crippen molar-refractivity contribution in [3.63, 3.8) is 0 Å². The van der Waals surface area contributed by atoms with Gasteiger partial charge in [0.2, 0.25) is 0 Å². The van der Waals surface area contributed by atoms with Crippen molar-refractivity contribution in [1.82, 2.24) is 14.8 Å². The van der Waals surface area contributed by atoms with Gasteiger partial charge in [0.1, 0.15) is 6.61 Å². The monoisotopic (exact) mass is 433 g/mol. The minimum atomic E-state index is -0.127. The van der Waals surface area contributed by atoms with Crippen LogP contribution < -0.4 is 10.5 Å². The third kappa shape index (κ3) is 5.30. The zero-order chi connectivity index (χ0) is 20.8. The third-order valence-corrected chi connectivity index (χ3v) is 5.47. The maximum Gasteiger partial charge on any atom is 0.255 e. The highest BCUT2D eigenvalue weighted by molar-refractivity contribution is 6.35. The lowest BCUT2D eigenvalue weighted by atomic mass is 10.2. The van der Waals surface area contributed by atoms with Crippen LogP contribution in [0.5, 0.6) is 5.75 Å². The normalized spacial score (nSPS) is 14.4. The number of hydrogen-bond donors (Lipinski definition) is 1. The van der Waals surface area contributed by atoms with Crippen LogP contribution >= 0.6 is 23.2 Å². The number of nitrogens with two attached hydrogens (primary N) is 1. The fourth-order valence-corrected chi connectivity index (χ4v) is 3.58. The number of carbonyl (C=O) groups excluding carboxylic acids is 1. The molecule has 3 rings (SSSR count). The minimum Gasteiger partial charge on any atom is -0.485 e. The van der Waals surface area contributed by atoms with Gasteiger partial charge >= 0.3 is 0 Å². The highest BCUT2D eigenvalue weighted by Crippen LogP contribution is 2.28. The van der Waals surface area contributed by atoms with Crippen molar-refractivity contribution < 1.29 is 9.53 Å². The number of anilines is 1. The van der Waals surface area contributed by atoms with Crippen molar-refractivity contribution in [1.29, 1.82) is 5.26 Å². The van der Waals surface area contributed by atoms with Crippen LogP contribution in [0.25, 0.3) is 0 Å². The zero-order valence-corrected chi connectivity index (χ0v) is 17.3. The predicted molar refractivity (Wildman–Crippen MR) is 112 cm³/mol. The van der Waals surface area contributed by atoms with Gasteiger partial charge in [0.15, 0.2) is 11.6 Å². The van der Waals surface area contributed by atoms with E-state index < -0.39 is 0 Å². The Labute approximate surface area is 179 Å². The topological polar surface area (TPSA) is 95.5 Å². The number of nitriles is 1. The Morgan fingerprint density at radius 3 is 2.59 bits per heavy atom. The maximum absolute atomic E-state index is 12.8. The quantitative estimate of drug-likeness (QED) is 0.750. The number of aromatic nitrogens is 1. The molecule has 2 heterocycles. The SMILES string of the molecule is N#CCCN1CCN(C(=O)c2cnc(N)c(OCc3c(Cl)cccc3Cl)c2)CC1. The average molecular weight is 434 g/mol. The molecule has 1 aliphatic rings. The molecule has 0 saturated carbocycles. The van der Waals surface area contributed by atoms with Gasteiger partial charge in [-0.15, -0.1) is 0 Å². The summed E-state index contributed by atoms with van der Waals surface area (Å²) in [5, 5.41) is 9.68. The van der Waals surface area contributed by atoms with E-state index in [0.29, 0.717) is 46.4 Å². The Kier molecular flexibility index (Phi) is 7.15. The molecule has 0 bridgehead atoms. The molecule has 0 atom stereocenters. The molecule has 1 aromatic carbocycles. The first kappa shape index (κ1) is 21.2. The van der Waals surface area contributed by atoms with Crippen LogP contribution in [-0.2, 0) is 6.61 Å². The minimum absolute atomic E-state index is 0.111. The van der Waals surface area contributed by atoms with Gasteiger partial charge in [0.05, 0.1) is 11.6 Å². The zero-order valence-electron chi connectivity index (χ0n) is 15.8. The van der Waals surface area contributed by atoms with Crippen LogP contribution in [0.4, 0.5) is 5.82 Å². The fraction of sp³-hybridized carbons (Fsp3) is 0.350. The molecule has 2 N–H and O–H groups in total. The predicted octanol–water partition coefficient (Wildman–Crippen LogP) is 3.22. The van der Waals surface area contributed by atoms with E-state index in [2.05, 4.69) is 16.0 Å². The number of benzene rings is 1. The van der Waals surface area contributed by atoms with E-state index in [9.17, 15) is 4.79 Å². The Hall–Kier alpha value is -2.53. The second-order valence-corrected chi connectivity index (χ2v) is 7.45. The molecule has 152 valence electrons. The first-order valence-electron chi connectivity index (χ1n) is 9.19. The molecule has 9 heteroatoms. The molecule has 2 aromatic rings. The fourth-order valence-electron chi connectivity index (χ4n) is 3.07. The van der Waals surface area contributed by atoms with Gasteiger partial charge in [-0.2, -0.15) is 5.26 Å². The summed E-state index contributed by atoms with van der Waals surface area (Å²) in [6, 6.07) is 8.94. The summed E-state index contributed by atoms with van der Waals surface area (Å²) >= 11 is 12.3. The van der Waals surface area contributed by atoms with Crippen molar-refractivity contribution in [3.05, 3.63) is 51.6 Å². The van der Waals surface area contributed by atoms with E-state index >= 15 is 0 Å². The molecule has 0 spiro atoms. The lowest BCUT2D eigenvalue weighted by molar-refractivity contribution is 0.0639. The van der Waals surface area contributed by atoms with Gasteiger partial charge in [-0.3, -0.25) is 9.69 Å². The Morgan fingerprint density at radius 2 is 1.93 bits per heavy atom. The van der Waals surface area contributed by atoms with Crippen LogP contribution in [0.1, 0.15) is 22.3 Å². The number of rotatable bonds is 6. The molecule has 7 nitrogen and oxygen atoms in total. The van der Waals surface area contributed by atoms with Gasteiger partial charge in [0, 0.05) is 61.0 Å².